The molecule has 0 aliphatic carbocycles. The Morgan fingerprint density at radius 1 is 1.52 bits per heavy atom. The highest BCUT2D eigenvalue weighted by Gasteiger charge is 2.17. The van der Waals surface area contributed by atoms with Crippen molar-refractivity contribution in [1.29, 1.82) is 0 Å². The van der Waals surface area contributed by atoms with Crippen LogP contribution < -0.4 is 11.1 Å². The van der Waals surface area contributed by atoms with Crippen LogP contribution in [0.5, 0.6) is 0 Å². The zero-order valence-corrected chi connectivity index (χ0v) is 14.3. The average molecular weight is 305 g/mol. The molecule has 0 aromatic rings. The summed E-state index contributed by atoms with van der Waals surface area (Å²) in [6, 6.07) is 0. The third-order valence-corrected chi connectivity index (χ3v) is 4.53. The summed E-state index contributed by atoms with van der Waals surface area (Å²) in [6.07, 6.45) is 12.8. The van der Waals surface area contributed by atoms with Gasteiger partial charge in [-0.3, -0.25) is 4.99 Å². The molecular weight excluding hydrogens is 278 g/mol. The van der Waals surface area contributed by atoms with Crippen LogP contribution in [0.1, 0.15) is 20.8 Å². The van der Waals surface area contributed by atoms with Gasteiger partial charge >= 0.3 is 0 Å². The molecule has 1 aliphatic rings. The third-order valence-electron chi connectivity index (χ3n) is 3.21. The number of nitrogens with one attached hydrogen (secondary N) is 1. The summed E-state index contributed by atoms with van der Waals surface area (Å²) in [7, 11) is 1.91. The number of rotatable bonds is 5. The fourth-order valence-corrected chi connectivity index (χ4v) is 3.14. The summed E-state index contributed by atoms with van der Waals surface area (Å²) in [6.45, 7) is 6.83. The lowest BCUT2D eigenvalue weighted by atomic mass is 10.0. The number of aliphatic imine (C=N–C) groups is 1. The van der Waals surface area contributed by atoms with Gasteiger partial charge in [-0.1, -0.05) is 29.9 Å². The van der Waals surface area contributed by atoms with E-state index in [-0.39, 0.29) is 0 Å². The van der Waals surface area contributed by atoms with Crippen molar-refractivity contribution < 1.29 is 0 Å². The van der Waals surface area contributed by atoms with Gasteiger partial charge in [-0.2, -0.15) is 11.8 Å². The number of nitrogens with two attached hydrogens (primary N) is 1. The van der Waals surface area contributed by atoms with E-state index in [4.69, 9.17) is 5.73 Å². The number of hydrogen-bond acceptors (Lipinski definition) is 4. The largest absolute Gasteiger partial charge is 0.394 e. The number of thioether (sulfide) groups is 1. The Hall–Kier alpha value is -1.26. The second-order valence-corrected chi connectivity index (χ2v) is 6.65. The summed E-state index contributed by atoms with van der Waals surface area (Å²) in [4.78, 5) is 4.17. The van der Waals surface area contributed by atoms with Crippen LogP contribution in [0, 0.1) is 5.92 Å². The zero-order valence-electron chi connectivity index (χ0n) is 13.5. The van der Waals surface area contributed by atoms with Crippen molar-refractivity contribution in [2.75, 3.05) is 19.5 Å². The molecule has 0 saturated carbocycles. The lowest BCUT2D eigenvalue weighted by Gasteiger charge is -2.13. The summed E-state index contributed by atoms with van der Waals surface area (Å²) >= 11 is 1.97. The van der Waals surface area contributed by atoms with Crippen LogP contribution in [0.15, 0.2) is 52.2 Å². The van der Waals surface area contributed by atoms with E-state index >= 15 is 0 Å². The lowest BCUT2D eigenvalue weighted by molar-refractivity contribution is 0.902. The fraction of sp³-hybridized carbons (Fsp3) is 0.471. The van der Waals surface area contributed by atoms with Crippen LogP contribution in [-0.2, 0) is 0 Å². The molecule has 0 aromatic carbocycles. The van der Waals surface area contributed by atoms with Gasteiger partial charge in [0.25, 0.3) is 0 Å². The first-order chi connectivity index (χ1) is 10.1. The van der Waals surface area contributed by atoms with Gasteiger partial charge in [0.05, 0.1) is 6.67 Å². The molecule has 1 unspecified atom stereocenters. The van der Waals surface area contributed by atoms with E-state index in [2.05, 4.69) is 55.4 Å². The molecule has 1 heterocycles. The molecule has 116 valence electrons. The summed E-state index contributed by atoms with van der Waals surface area (Å²) in [5.41, 5.74) is 9.31. The van der Waals surface area contributed by atoms with Gasteiger partial charge in [0.2, 0.25) is 0 Å². The van der Waals surface area contributed by atoms with Crippen molar-refractivity contribution in [3.63, 3.8) is 0 Å². The number of nitrogens with zero attached hydrogens (tertiary/aromatic N) is 1. The fourth-order valence-electron chi connectivity index (χ4n) is 1.99. The first-order valence-corrected chi connectivity index (χ1v) is 8.35. The first-order valence-electron chi connectivity index (χ1n) is 7.30. The highest BCUT2D eigenvalue weighted by Crippen LogP contribution is 2.30. The normalized spacial score (nSPS) is 25.2. The molecule has 4 heteroatoms. The molecule has 0 aromatic heterocycles. The highest BCUT2D eigenvalue weighted by molar-refractivity contribution is 8.00. The molecule has 0 radical (unpaired) electrons. The molecule has 0 spiro atoms. The minimum atomic E-state index is 0.326. The quantitative estimate of drug-likeness (QED) is 0.766. The summed E-state index contributed by atoms with van der Waals surface area (Å²) in [5.74, 6) is 1.41. The molecule has 0 bridgehead atoms. The molecule has 2 atom stereocenters. The maximum absolute atomic E-state index is 5.46. The van der Waals surface area contributed by atoms with Gasteiger partial charge < -0.3 is 11.1 Å². The minimum absolute atomic E-state index is 0.326. The Labute approximate surface area is 133 Å². The molecule has 3 nitrogen and oxygen atoms in total. The van der Waals surface area contributed by atoms with Crippen molar-refractivity contribution in [3.05, 3.63) is 47.2 Å². The molecular formula is C17H27N3S. The average Bonchev–Trinajstić information content (AvgIpc) is 2.63. The molecule has 21 heavy (non-hydrogen) atoms. The van der Waals surface area contributed by atoms with Crippen molar-refractivity contribution in [2.45, 2.75) is 26.0 Å². The second-order valence-electron chi connectivity index (χ2n) is 5.28. The highest BCUT2D eigenvalue weighted by atomic mass is 32.2. The topological polar surface area (TPSA) is 50.4 Å². The Morgan fingerprint density at radius 3 is 2.90 bits per heavy atom. The minimum Gasteiger partial charge on any atom is -0.394 e. The predicted octanol–water partition coefficient (Wildman–Crippen LogP) is 3.28. The Bertz CT molecular complexity index is 468. The van der Waals surface area contributed by atoms with E-state index in [0.29, 0.717) is 17.8 Å². The molecule has 0 saturated heterocycles. The van der Waals surface area contributed by atoms with E-state index in [0.717, 1.165) is 5.75 Å². The number of allylic oxidation sites excluding steroid dienone is 6. The Kier molecular flexibility index (Phi) is 8.16. The van der Waals surface area contributed by atoms with Crippen LogP contribution in [0.25, 0.3) is 0 Å². The Morgan fingerprint density at radius 2 is 2.29 bits per heavy atom. The van der Waals surface area contributed by atoms with E-state index in [1.54, 1.807) is 0 Å². The first kappa shape index (κ1) is 17.8. The standard InChI is InChI=1S/C17H27N3S/c1-13(2)5-6-15-7-8-16(11-21-14(15)3)17(9-19-4)10-20-12-18/h5-10,14,16,19H,11-12,18H2,1-4H3/b15-6-,17-9+,20-10-/t14?,16-/m0/s1. The maximum atomic E-state index is 5.46. The van der Waals surface area contributed by atoms with Crippen LogP contribution in [0.3, 0.4) is 0 Å². The number of hydrogen-bond donors (Lipinski definition) is 2. The van der Waals surface area contributed by atoms with Gasteiger partial charge in [0, 0.05) is 36.4 Å². The van der Waals surface area contributed by atoms with Crippen molar-refractivity contribution in [2.24, 2.45) is 16.6 Å². The van der Waals surface area contributed by atoms with Crippen molar-refractivity contribution >= 4 is 18.0 Å². The van der Waals surface area contributed by atoms with E-state index < -0.39 is 0 Å². The summed E-state index contributed by atoms with van der Waals surface area (Å²) in [5, 5.41) is 3.60. The summed E-state index contributed by atoms with van der Waals surface area (Å²) < 4.78 is 0. The maximum Gasteiger partial charge on any atom is 0.0859 e. The van der Waals surface area contributed by atoms with Crippen LogP contribution in [-0.4, -0.2) is 30.9 Å². The van der Waals surface area contributed by atoms with Gasteiger partial charge in [-0.15, -0.1) is 0 Å². The molecule has 0 fully saturated rings. The molecule has 1 aliphatic heterocycles. The smallest absolute Gasteiger partial charge is 0.0859 e. The SMILES string of the molecule is CN/C=C(\C=N/CN)[C@H]1C=C/C(=C/C=C(C)C)C(C)SC1. The van der Waals surface area contributed by atoms with E-state index in [9.17, 15) is 0 Å². The van der Waals surface area contributed by atoms with Crippen LogP contribution in [0.4, 0.5) is 0 Å². The van der Waals surface area contributed by atoms with Gasteiger partial charge in [0.15, 0.2) is 0 Å². The van der Waals surface area contributed by atoms with E-state index in [1.165, 1.54) is 16.7 Å². The molecule has 0 amide bonds. The van der Waals surface area contributed by atoms with Crippen molar-refractivity contribution in [3.8, 4) is 0 Å². The van der Waals surface area contributed by atoms with Crippen LogP contribution >= 0.6 is 11.8 Å². The third kappa shape index (κ3) is 6.36. The van der Waals surface area contributed by atoms with Crippen LogP contribution in [0.2, 0.25) is 0 Å². The Balaban J connectivity index is 2.95. The van der Waals surface area contributed by atoms with E-state index in [1.807, 2.05) is 31.2 Å². The van der Waals surface area contributed by atoms with Crippen molar-refractivity contribution in [1.82, 2.24) is 5.32 Å². The predicted molar refractivity (Wildman–Crippen MR) is 96.8 cm³/mol. The second kappa shape index (κ2) is 9.64. The van der Waals surface area contributed by atoms with Gasteiger partial charge in [-0.25, -0.2) is 0 Å². The van der Waals surface area contributed by atoms with Gasteiger partial charge in [-0.05, 0) is 31.9 Å². The molecule has 1 rings (SSSR count). The monoisotopic (exact) mass is 305 g/mol. The molecule has 3 N–H and O–H groups in total. The van der Waals surface area contributed by atoms with Gasteiger partial charge in [0.1, 0.15) is 0 Å². The zero-order chi connectivity index (χ0) is 15.7. The lowest BCUT2D eigenvalue weighted by Crippen LogP contribution is -2.10.